The highest BCUT2D eigenvalue weighted by Crippen LogP contribution is 2.20. The van der Waals surface area contributed by atoms with Crippen molar-refractivity contribution in [3.63, 3.8) is 0 Å². The number of amides is 3. The molecule has 3 N–H and O–H groups in total. The fourth-order valence-corrected chi connectivity index (χ4v) is 3.48. The van der Waals surface area contributed by atoms with Crippen LogP contribution in [-0.4, -0.2) is 55.8 Å². The standard InChI is InChI=1S/C19H27ClFN3O4/c1-12(28-11-14-5-6-15(20)8-16(14)21)17(23-19(22)26)18(25)24-7-3-4-13(9-24)10-27-2/h5-6,8,12-13,17H,3-4,7,9-11H2,1-2H3,(H3,22,23,26). The van der Waals surface area contributed by atoms with Crippen molar-refractivity contribution in [2.45, 2.75) is 38.5 Å². The van der Waals surface area contributed by atoms with Gasteiger partial charge in [-0.2, -0.15) is 0 Å². The minimum atomic E-state index is -0.964. The quantitative estimate of drug-likeness (QED) is 0.681. The number of halogens is 2. The van der Waals surface area contributed by atoms with Crippen molar-refractivity contribution >= 4 is 23.5 Å². The number of hydrogen-bond acceptors (Lipinski definition) is 4. The number of hydrogen-bond donors (Lipinski definition) is 2. The summed E-state index contributed by atoms with van der Waals surface area (Å²) in [4.78, 5) is 26.1. The van der Waals surface area contributed by atoms with Gasteiger partial charge in [0.15, 0.2) is 0 Å². The van der Waals surface area contributed by atoms with Gasteiger partial charge in [0.25, 0.3) is 0 Å². The molecule has 3 atom stereocenters. The molecule has 28 heavy (non-hydrogen) atoms. The van der Waals surface area contributed by atoms with Crippen LogP contribution in [0.3, 0.4) is 0 Å². The Hall–Kier alpha value is -1.90. The Kier molecular flexibility index (Phi) is 8.47. The second kappa shape index (κ2) is 10.6. The van der Waals surface area contributed by atoms with E-state index in [1.54, 1.807) is 25.0 Å². The van der Waals surface area contributed by atoms with Gasteiger partial charge < -0.3 is 25.4 Å². The molecular weight excluding hydrogens is 389 g/mol. The van der Waals surface area contributed by atoms with Crippen LogP contribution in [0.15, 0.2) is 18.2 Å². The van der Waals surface area contributed by atoms with Crippen molar-refractivity contribution < 1.29 is 23.5 Å². The monoisotopic (exact) mass is 415 g/mol. The van der Waals surface area contributed by atoms with Gasteiger partial charge in [0.1, 0.15) is 11.9 Å². The first-order valence-corrected chi connectivity index (χ1v) is 9.58. The minimum Gasteiger partial charge on any atom is -0.384 e. The Balaban J connectivity index is 2.04. The molecule has 1 aromatic carbocycles. The molecule has 0 radical (unpaired) electrons. The smallest absolute Gasteiger partial charge is 0.312 e. The van der Waals surface area contributed by atoms with Crippen LogP contribution in [0.2, 0.25) is 5.02 Å². The zero-order valence-corrected chi connectivity index (χ0v) is 16.9. The molecule has 7 nitrogen and oxygen atoms in total. The number of carbonyl (C=O) groups excluding carboxylic acids is 2. The number of piperidine rings is 1. The van der Waals surface area contributed by atoms with Crippen LogP contribution in [0.25, 0.3) is 0 Å². The van der Waals surface area contributed by atoms with Gasteiger partial charge >= 0.3 is 6.03 Å². The maximum Gasteiger partial charge on any atom is 0.312 e. The molecule has 1 fully saturated rings. The highest BCUT2D eigenvalue weighted by Gasteiger charge is 2.33. The Labute approximate surface area is 169 Å². The van der Waals surface area contributed by atoms with Crippen LogP contribution in [0.5, 0.6) is 0 Å². The number of likely N-dealkylation sites (tertiary alicyclic amines) is 1. The van der Waals surface area contributed by atoms with Crippen molar-refractivity contribution in [3.05, 3.63) is 34.6 Å². The Morgan fingerprint density at radius 3 is 2.86 bits per heavy atom. The van der Waals surface area contributed by atoms with Crippen molar-refractivity contribution in [2.24, 2.45) is 11.7 Å². The summed E-state index contributed by atoms with van der Waals surface area (Å²) in [6.45, 7) is 3.28. The average Bonchev–Trinajstić information content (AvgIpc) is 2.65. The summed E-state index contributed by atoms with van der Waals surface area (Å²) < 4.78 is 24.8. The summed E-state index contributed by atoms with van der Waals surface area (Å²) in [5, 5.41) is 2.75. The molecule has 0 bridgehead atoms. The topological polar surface area (TPSA) is 93.9 Å². The molecule has 156 valence electrons. The van der Waals surface area contributed by atoms with Crippen LogP contribution < -0.4 is 11.1 Å². The SMILES string of the molecule is COCC1CCCN(C(=O)C(NC(N)=O)C(C)OCc2ccc(Cl)cc2F)C1. The van der Waals surface area contributed by atoms with Crippen molar-refractivity contribution in [1.82, 2.24) is 10.2 Å². The maximum absolute atomic E-state index is 13.9. The zero-order chi connectivity index (χ0) is 20.7. The van der Waals surface area contributed by atoms with Crippen LogP contribution in [0.1, 0.15) is 25.3 Å². The predicted octanol–water partition coefficient (Wildman–Crippen LogP) is 2.31. The van der Waals surface area contributed by atoms with Gasteiger partial charge in [-0.15, -0.1) is 0 Å². The molecular formula is C19H27ClFN3O4. The third-order valence-corrected chi connectivity index (χ3v) is 5.02. The number of carbonyl (C=O) groups is 2. The normalized spacial score (nSPS) is 19.1. The fraction of sp³-hybridized carbons (Fsp3) is 0.579. The predicted molar refractivity (Wildman–Crippen MR) is 103 cm³/mol. The molecule has 0 aliphatic carbocycles. The number of primary amides is 1. The molecule has 1 aliphatic heterocycles. The first kappa shape index (κ1) is 22.4. The van der Waals surface area contributed by atoms with Gasteiger partial charge in [-0.1, -0.05) is 17.7 Å². The summed E-state index contributed by atoms with van der Waals surface area (Å²) >= 11 is 5.75. The lowest BCUT2D eigenvalue weighted by Gasteiger charge is -2.36. The van der Waals surface area contributed by atoms with E-state index in [0.717, 1.165) is 12.8 Å². The van der Waals surface area contributed by atoms with Crippen molar-refractivity contribution in [2.75, 3.05) is 26.8 Å². The fourth-order valence-electron chi connectivity index (χ4n) is 3.32. The number of rotatable bonds is 8. The van der Waals surface area contributed by atoms with Crippen LogP contribution >= 0.6 is 11.6 Å². The van der Waals surface area contributed by atoms with E-state index in [1.807, 2.05) is 0 Å². The molecule has 3 unspecified atom stereocenters. The second-order valence-corrected chi connectivity index (χ2v) is 7.42. The highest BCUT2D eigenvalue weighted by atomic mass is 35.5. The van der Waals surface area contributed by atoms with E-state index >= 15 is 0 Å². The lowest BCUT2D eigenvalue weighted by molar-refractivity contribution is -0.139. The third-order valence-electron chi connectivity index (χ3n) is 4.78. The Morgan fingerprint density at radius 1 is 1.46 bits per heavy atom. The van der Waals surface area contributed by atoms with E-state index in [9.17, 15) is 14.0 Å². The lowest BCUT2D eigenvalue weighted by atomic mass is 9.97. The van der Waals surface area contributed by atoms with Crippen molar-refractivity contribution in [1.29, 1.82) is 0 Å². The molecule has 1 saturated heterocycles. The summed E-state index contributed by atoms with van der Waals surface area (Å²) in [7, 11) is 1.63. The van der Waals surface area contributed by atoms with Crippen LogP contribution in [0.4, 0.5) is 9.18 Å². The first-order valence-electron chi connectivity index (χ1n) is 9.21. The van der Waals surface area contributed by atoms with E-state index in [-0.39, 0.29) is 23.5 Å². The third kappa shape index (κ3) is 6.32. The van der Waals surface area contributed by atoms with Gasteiger partial charge in [-0.3, -0.25) is 4.79 Å². The number of nitrogens with zero attached hydrogens (tertiary/aromatic N) is 1. The Bertz CT molecular complexity index is 689. The van der Waals surface area contributed by atoms with Gasteiger partial charge in [0, 0.05) is 30.8 Å². The van der Waals surface area contributed by atoms with Gasteiger partial charge in [0.2, 0.25) is 5.91 Å². The number of methoxy groups -OCH3 is 1. The van der Waals surface area contributed by atoms with Crippen LogP contribution in [-0.2, 0) is 20.9 Å². The van der Waals surface area contributed by atoms with Gasteiger partial charge in [0.05, 0.1) is 19.3 Å². The summed E-state index contributed by atoms with van der Waals surface area (Å²) in [6, 6.07) is 2.48. The molecule has 0 aromatic heterocycles. The summed E-state index contributed by atoms with van der Waals surface area (Å²) in [6.07, 6.45) is 1.12. The van der Waals surface area contributed by atoms with E-state index in [4.69, 9.17) is 26.8 Å². The molecule has 1 heterocycles. The zero-order valence-electron chi connectivity index (χ0n) is 16.1. The molecule has 0 spiro atoms. The number of ether oxygens (including phenoxy) is 2. The van der Waals surface area contributed by atoms with Crippen LogP contribution in [0, 0.1) is 11.7 Å². The van der Waals surface area contributed by atoms with E-state index in [1.165, 1.54) is 12.1 Å². The molecule has 1 aromatic rings. The van der Waals surface area contributed by atoms with Crippen molar-refractivity contribution in [3.8, 4) is 0 Å². The number of nitrogens with one attached hydrogen (secondary N) is 1. The molecule has 2 rings (SSSR count). The number of benzene rings is 1. The van der Waals surface area contributed by atoms with E-state index in [2.05, 4.69) is 5.32 Å². The first-order chi connectivity index (χ1) is 13.3. The molecule has 9 heteroatoms. The summed E-state index contributed by atoms with van der Waals surface area (Å²) in [5.41, 5.74) is 5.56. The maximum atomic E-state index is 13.9. The largest absolute Gasteiger partial charge is 0.384 e. The molecule has 1 aliphatic rings. The van der Waals surface area contributed by atoms with Gasteiger partial charge in [-0.05, 0) is 37.8 Å². The minimum absolute atomic E-state index is 0.0688. The van der Waals surface area contributed by atoms with E-state index < -0.39 is 24.0 Å². The average molecular weight is 416 g/mol. The highest BCUT2D eigenvalue weighted by molar-refractivity contribution is 6.30. The number of nitrogens with two attached hydrogens (primary N) is 1. The number of urea groups is 1. The Morgan fingerprint density at radius 2 is 2.21 bits per heavy atom. The second-order valence-electron chi connectivity index (χ2n) is 6.99. The van der Waals surface area contributed by atoms with E-state index in [0.29, 0.717) is 25.3 Å². The molecule has 0 saturated carbocycles. The molecule has 3 amide bonds. The lowest BCUT2D eigenvalue weighted by Crippen LogP contribution is -2.57. The summed E-state index contributed by atoms with van der Waals surface area (Å²) in [5.74, 6) is -0.524. The van der Waals surface area contributed by atoms with Gasteiger partial charge in [-0.25, -0.2) is 9.18 Å².